The fraction of sp³-hybridized carbons (Fsp3) is 0.538. The SMILES string of the molecule is CCCC(CCO)CNC(=O)c1ccncc1Cl. The normalized spacial score (nSPS) is 12.2. The van der Waals surface area contributed by atoms with Crippen molar-refractivity contribution < 1.29 is 9.90 Å². The maximum absolute atomic E-state index is 11.9. The molecule has 1 atom stereocenters. The first-order valence-electron chi connectivity index (χ1n) is 6.17. The molecule has 0 aliphatic rings. The molecule has 0 radical (unpaired) electrons. The Balaban J connectivity index is 2.52. The number of nitrogens with zero attached hydrogens (tertiary/aromatic N) is 1. The largest absolute Gasteiger partial charge is 0.396 e. The zero-order valence-corrected chi connectivity index (χ0v) is 11.3. The minimum Gasteiger partial charge on any atom is -0.396 e. The van der Waals surface area contributed by atoms with Gasteiger partial charge in [-0.05, 0) is 24.8 Å². The number of aromatic nitrogens is 1. The van der Waals surface area contributed by atoms with Crippen LogP contribution in [0.15, 0.2) is 18.5 Å². The van der Waals surface area contributed by atoms with E-state index in [1.807, 2.05) is 0 Å². The van der Waals surface area contributed by atoms with Crippen molar-refractivity contribution in [2.75, 3.05) is 13.2 Å². The third-order valence-electron chi connectivity index (χ3n) is 2.80. The molecular weight excluding hydrogens is 252 g/mol. The number of hydrogen-bond donors (Lipinski definition) is 2. The number of hydrogen-bond acceptors (Lipinski definition) is 3. The van der Waals surface area contributed by atoms with Crippen molar-refractivity contribution in [2.45, 2.75) is 26.2 Å². The van der Waals surface area contributed by atoms with Crippen molar-refractivity contribution in [3.8, 4) is 0 Å². The fourth-order valence-electron chi connectivity index (χ4n) is 1.83. The van der Waals surface area contributed by atoms with Gasteiger partial charge in [-0.2, -0.15) is 0 Å². The highest BCUT2D eigenvalue weighted by Gasteiger charge is 2.12. The van der Waals surface area contributed by atoms with Gasteiger partial charge in [-0.3, -0.25) is 9.78 Å². The molecule has 4 nitrogen and oxygen atoms in total. The maximum Gasteiger partial charge on any atom is 0.252 e. The van der Waals surface area contributed by atoms with Crippen molar-refractivity contribution in [3.63, 3.8) is 0 Å². The van der Waals surface area contributed by atoms with Crippen molar-refractivity contribution in [1.29, 1.82) is 0 Å². The van der Waals surface area contributed by atoms with Gasteiger partial charge in [0.25, 0.3) is 5.91 Å². The summed E-state index contributed by atoms with van der Waals surface area (Å²) < 4.78 is 0. The number of carbonyl (C=O) groups is 1. The molecule has 2 N–H and O–H groups in total. The predicted molar refractivity (Wildman–Crippen MR) is 71.7 cm³/mol. The Hall–Kier alpha value is -1.13. The summed E-state index contributed by atoms with van der Waals surface area (Å²) in [5.41, 5.74) is 0.436. The quantitative estimate of drug-likeness (QED) is 0.799. The van der Waals surface area contributed by atoms with Crippen LogP contribution in [0.2, 0.25) is 5.02 Å². The van der Waals surface area contributed by atoms with E-state index in [0.717, 1.165) is 12.8 Å². The van der Waals surface area contributed by atoms with Crippen LogP contribution in [-0.4, -0.2) is 29.1 Å². The molecule has 0 saturated carbocycles. The van der Waals surface area contributed by atoms with Gasteiger partial charge in [-0.1, -0.05) is 24.9 Å². The van der Waals surface area contributed by atoms with Crippen LogP contribution in [-0.2, 0) is 0 Å². The smallest absolute Gasteiger partial charge is 0.252 e. The number of aliphatic hydroxyl groups excluding tert-OH is 1. The summed E-state index contributed by atoms with van der Waals surface area (Å²) in [7, 11) is 0. The molecule has 5 heteroatoms. The minimum absolute atomic E-state index is 0.149. The number of nitrogens with one attached hydrogen (secondary N) is 1. The van der Waals surface area contributed by atoms with E-state index >= 15 is 0 Å². The van der Waals surface area contributed by atoms with Gasteiger partial charge < -0.3 is 10.4 Å². The number of rotatable bonds is 7. The zero-order valence-electron chi connectivity index (χ0n) is 10.5. The Bertz CT molecular complexity index is 379. The summed E-state index contributed by atoms with van der Waals surface area (Å²) >= 11 is 5.89. The van der Waals surface area contributed by atoms with E-state index in [9.17, 15) is 4.79 Å². The van der Waals surface area contributed by atoms with Crippen molar-refractivity contribution in [3.05, 3.63) is 29.0 Å². The van der Waals surface area contributed by atoms with E-state index in [-0.39, 0.29) is 12.5 Å². The molecular formula is C13H19ClN2O2. The number of halogens is 1. The first-order chi connectivity index (χ1) is 8.69. The van der Waals surface area contributed by atoms with Crippen LogP contribution in [0.5, 0.6) is 0 Å². The highest BCUT2D eigenvalue weighted by Crippen LogP contribution is 2.14. The minimum atomic E-state index is -0.193. The third-order valence-corrected chi connectivity index (χ3v) is 3.10. The lowest BCUT2D eigenvalue weighted by Gasteiger charge is -2.15. The number of carbonyl (C=O) groups excluding carboxylic acids is 1. The van der Waals surface area contributed by atoms with Gasteiger partial charge in [0.15, 0.2) is 0 Å². The van der Waals surface area contributed by atoms with Crippen LogP contribution in [0, 0.1) is 5.92 Å². The van der Waals surface area contributed by atoms with Gasteiger partial charge >= 0.3 is 0 Å². The van der Waals surface area contributed by atoms with E-state index in [4.69, 9.17) is 16.7 Å². The maximum atomic E-state index is 11.9. The van der Waals surface area contributed by atoms with Crippen molar-refractivity contribution in [2.24, 2.45) is 5.92 Å². The van der Waals surface area contributed by atoms with Crippen LogP contribution in [0.3, 0.4) is 0 Å². The molecule has 0 fully saturated rings. The molecule has 100 valence electrons. The topological polar surface area (TPSA) is 62.2 Å². The Morgan fingerprint density at radius 1 is 1.56 bits per heavy atom. The van der Waals surface area contributed by atoms with E-state index in [1.165, 1.54) is 12.4 Å². The molecule has 0 saturated heterocycles. The highest BCUT2D eigenvalue weighted by atomic mass is 35.5. The van der Waals surface area contributed by atoms with E-state index in [0.29, 0.717) is 29.5 Å². The van der Waals surface area contributed by atoms with Gasteiger partial charge in [-0.25, -0.2) is 0 Å². The van der Waals surface area contributed by atoms with Gasteiger partial charge in [0.1, 0.15) is 0 Å². The van der Waals surface area contributed by atoms with Gasteiger partial charge in [0.2, 0.25) is 0 Å². The van der Waals surface area contributed by atoms with Gasteiger partial charge in [0.05, 0.1) is 10.6 Å². The molecule has 1 amide bonds. The molecule has 0 aromatic carbocycles. The third kappa shape index (κ3) is 4.63. The molecule has 1 rings (SSSR count). The lowest BCUT2D eigenvalue weighted by Crippen LogP contribution is -2.30. The molecule has 1 heterocycles. The van der Waals surface area contributed by atoms with E-state index in [2.05, 4.69) is 17.2 Å². The summed E-state index contributed by atoms with van der Waals surface area (Å²) in [5, 5.41) is 12.1. The molecule has 0 aliphatic carbocycles. The summed E-state index contributed by atoms with van der Waals surface area (Å²) in [6.07, 6.45) is 5.73. The van der Waals surface area contributed by atoms with Crippen molar-refractivity contribution in [1.82, 2.24) is 10.3 Å². The fourth-order valence-corrected chi connectivity index (χ4v) is 2.04. The van der Waals surface area contributed by atoms with Crippen molar-refractivity contribution >= 4 is 17.5 Å². The van der Waals surface area contributed by atoms with Crippen LogP contribution >= 0.6 is 11.6 Å². The summed E-state index contributed by atoms with van der Waals surface area (Å²) in [4.78, 5) is 15.7. The molecule has 0 aliphatic heterocycles. The second kappa shape index (κ2) is 8.06. The second-order valence-corrected chi connectivity index (χ2v) is 4.64. The molecule has 18 heavy (non-hydrogen) atoms. The first-order valence-corrected chi connectivity index (χ1v) is 6.55. The van der Waals surface area contributed by atoms with Crippen LogP contribution in [0.25, 0.3) is 0 Å². The number of aliphatic hydroxyl groups is 1. The van der Waals surface area contributed by atoms with Crippen LogP contribution in [0.4, 0.5) is 0 Å². The summed E-state index contributed by atoms with van der Waals surface area (Å²) in [5.74, 6) is 0.117. The second-order valence-electron chi connectivity index (χ2n) is 4.23. The summed E-state index contributed by atoms with van der Waals surface area (Å²) in [6, 6.07) is 1.60. The lowest BCUT2D eigenvalue weighted by atomic mass is 10.00. The standard InChI is InChI=1S/C13H19ClN2O2/c1-2-3-10(5-7-17)8-16-13(18)11-4-6-15-9-12(11)14/h4,6,9-10,17H,2-3,5,7-8H2,1H3,(H,16,18). The first kappa shape index (κ1) is 14.9. The predicted octanol–water partition coefficient (Wildman–Crippen LogP) is 2.26. The Labute approximate surface area is 112 Å². The monoisotopic (exact) mass is 270 g/mol. The average Bonchev–Trinajstić information content (AvgIpc) is 2.36. The Kier molecular flexibility index (Phi) is 6.68. The molecule has 1 unspecified atom stereocenters. The molecule has 0 bridgehead atoms. The molecule has 1 aromatic rings. The van der Waals surface area contributed by atoms with Gasteiger partial charge in [0, 0.05) is 25.5 Å². The summed E-state index contributed by atoms with van der Waals surface area (Å²) in [6.45, 7) is 2.80. The van der Waals surface area contributed by atoms with Crippen LogP contribution in [0.1, 0.15) is 36.5 Å². The Morgan fingerprint density at radius 3 is 2.94 bits per heavy atom. The highest BCUT2D eigenvalue weighted by molar-refractivity contribution is 6.33. The van der Waals surface area contributed by atoms with Crippen LogP contribution < -0.4 is 5.32 Å². The lowest BCUT2D eigenvalue weighted by molar-refractivity contribution is 0.0943. The number of amides is 1. The van der Waals surface area contributed by atoms with E-state index in [1.54, 1.807) is 6.07 Å². The van der Waals surface area contributed by atoms with E-state index < -0.39 is 0 Å². The number of pyridine rings is 1. The zero-order chi connectivity index (χ0) is 13.4. The molecule has 0 spiro atoms. The molecule has 1 aromatic heterocycles. The van der Waals surface area contributed by atoms with Gasteiger partial charge in [-0.15, -0.1) is 0 Å². The Morgan fingerprint density at radius 2 is 2.33 bits per heavy atom. The average molecular weight is 271 g/mol.